The number of benzene rings is 2. The second-order valence-corrected chi connectivity index (χ2v) is 6.61. The molecule has 1 heterocycles. The Bertz CT molecular complexity index is 833. The average Bonchev–Trinajstić information content (AvgIpc) is 2.92. The van der Waals surface area contributed by atoms with Crippen LogP contribution in [0.4, 0.5) is 5.69 Å². The maximum atomic E-state index is 12.5. The normalized spacial score (nSPS) is 10.6. The topological polar surface area (TPSA) is 57.8 Å². The smallest absolute Gasteiger partial charge is 0.255 e. The molecule has 0 bridgehead atoms. The first-order chi connectivity index (χ1) is 11.6. The summed E-state index contributed by atoms with van der Waals surface area (Å²) in [5, 5.41) is 4.07. The molecule has 0 radical (unpaired) electrons. The molecular formula is C17H13Cl2N3OS. The lowest BCUT2D eigenvalue weighted by molar-refractivity contribution is 0.102. The summed E-state index contributed by atoms with van der Waals surface area (Å²) in [6.45, 7) is 0. The molecule has 0 spiro atoms. The maximum Gasteiger partial charge on any atom is 0.255 e. The minimum Gasteiger partial charge on any atom is -0.323 e. The van der Waals surface area contributed by atoms with E-state index >= 15 is 0 Å². The van der Waals surface area contributed by atoms with Crippen LogP contribution in [0.5, 0.6) is 0 Å². The first-order valence-electron chi connectivity index (χ1n) is 7.11. The highest BCUT2D eigenvalue weighted by Gasteiger charge is 2.13. The van der Waals surface area contributed by atoms with Gasteiger partial charge in [-0.1, -0.05) is 71.4 Å². The van der Waals surface area contributed by atoms with Gasteiger partial charge in [-0.15, -0.1) is 0 Å². The Kier molecular flexibility index (Phi) is 5.45. The Labute approximate surface area is 153 Å². The van der Waals surface area contributed by atoms with Crippen LogP contribution in [0.3, 0.4) is 0 Å². The number of anilines is 1. The molecule has 7 heteroatoms. The number of halogens is 2. The zero-order valence-electron chi connectivity index (χ0n) is 12.4. The fourth-order valence-corrected chi connectivity index (χ4v) is 3.36. The van der Waals surface area contributed by atoms with Gasteiger partial charge in [0.2, 0.25) is 0 Å². The second kappa shape index (κ2) is 7.75. The van der Waals surface area contributed by atoms with Gasteiger partial charge in [-0.3, -0.25) is 4.79 Å². The van der Waals surface area contributed by atoms with E-state index in [4.69, 9.17) is 23.2 Å². The lowest BCUT2D eigenvalue weighted by atomic mass is 10.1. The summed E-state index contributed by atoms with van der Waals surface area (Å²) in [6, 6.07) is 16.8. The molecule has 0 unspecified atom stereocenters. The average molecular weight is 378 g/mol. The molecule has 0 aliphatic carbocycles. The van der Waals surface area contributed by atoms with Gasteiger partial charge in [-0.05, 0) is 23.8 Å². The van der Waals surface area contributed by atoms with Gasteiger partial charge in [0, 0.05) is 17.0 Å². The van der Waals surface area contributed by atoms with E-state index in [2.05, 4.69) is 15.3 Å². The monoisotopic (exact) mass is 377 g/mol. The molecule has 0 saturated heterocycles. The number of aromatic nitrogens is 2. The number of rotatable bonds is 5. The van der Waals surface area contributed by atoms with Gasteiger partial charge in [-0.2, -0.15) is 0 Å². The molecular weight excluding hydrogens is 365 g/mol. The van der Waals surface area contributed by atoms with Gasteiger partial charge in [0.1, 0.15) is 5.15 Å². The summed E-state index contributed by atoms with van der Waals surface area (Å²) in [4.78, 5) is 19.5. The van der Waals surface area contributed by atoms with E-state index in [0.29, 0.717) is 21.6 Å². The van der Waals surface area contributed by atoms with Crippen molar-refractivity contribution in [1.82, 2.24) is 9.97 Å². The van der Waals surface area contributed by atoms with Crippen LogP contribution in [0.2, 0.25) is 10.3 Å². The molecule has 24 heavy (non-hydrogen) atoms. The first-order valence-corrected chi connectivity index (χ1v) is 8.86. The zero-order valence-corrected chi connectivity index (χ0v) is 14.8. The van der Waals surface area contributed by atoms with E-state index in [0.717, 1.165) is 11.3 Å². The largest absolute Gasteiger partial charge is 0.323 e. The third-order valence-corrected chi connectivity index (χ3v) is 4.82. The molecule has 122 valence electrons. The zero-order chi connectivity index (χ0) is 16.9. The highest BCUT2D eigenvalue weighted by Crippen LogP contribution is 2.27. The van der Waals surface area contributed by atoms with Gasteiger partial charge in [0.15, 0.2) is 10.3 Å². The Hall–Kier alpha value is -1.95. The number of carbonyl (C=O) groups is 1. The fourth-order valence-electron chi connectivity index (χ4n) is 2.11. The molecule has 4 nitrogen and oxygen atoms in total. The van der Waals surface area contributed by atoms with Crippen LogP contribution in [-0.2, 0) is 5.75 Å². The summed E-state index contributed by atoms with van der Waals surface area (Å²) in [7, 11) is 0. The van der Waals surface area contributed by atoms with Crippen molar-refractivity contribution in [1.29, 1.82) is 0 Å². The molecule has 0 aliphatic heterocycles. The molecule has 0 fully saturated rings. The number of nitrogens with zero attached hydrogens (tertiary/aromatic N) is 1. The molecule has 2 aromatic carbocycles. The predicted molar refractivity (Wildman–Crippen MR) is 99.0 cm³/mol. The van der Waals surface area contributed by atoms with Crippen LogP contribution in [0.1, 0.15) is 15.9 Å². The third-order valence-electron chi connectivity index (χ3n) is 3.26. The van der Waals surface area contributed by atoms with Crippen LogP contribution >= 0.6 is 35.0 Å². The maximum absolute atomic E-state index is 12.5. The number of imidazole rings is 1. The molecule has 1 amide bonds. The van der Waals surface area contributed by atoms with E-state index < -0.39 is 0 Å². The van der Waals surface area contributed by atoms with Crippen molar-refractivity contribution in [2.24, 2.45) is 0 Å². The van der Waals surface area contributed by atoms with Crippen LogP contribution in [0.25, 0.3) is 0 Å². The van der Waals surface area contributed by atoms with Crippen molar-refractivity contribution in [3.8, 4) is 0 Å². The number of para-hydroxylation sites is 1. The molecule has 3 aromatic rings. The fraction of sp³-hybridized carbons (Fsp3) is 0.0588. The highest BCUT2D eigenvalue weighted by atomic mass is 35.5. The Morgan fingerprint density at radius 1 is 1.08 bits per heavy atom. The first kappa shape index (κ1) is 16.9. The number of H-pyrrole nitrogens is 1. The summed E-state index contributed by atoms with van der Waals surface area (Å²) >= 11 is 13.1. The van der Waals surface area contributed by atoms with Crippen LogP contribution in [0.15, 0.2) is 59.8 Å². The van der Waals surface area contributed by atoms with Crippen molar-refractivity contribution in [3.05, 3.63) is 76.0 Å². The predicted octanol–water partition coefficient (Wildman–Crippen LogP) is 5.26. The Morgan fingerprint density at radius 3 is 2.50 bits per heavy atom. The van der Waals surface area contributed by atoms with Crippen molar-refractivity contribution < 1.29 is 4.79 Å². The van der Waals surface area contributed by atoms with Crippen LogP contribution in [0, 0.1) is 0 Å². The van der Waals surface area contributed by atoms with Crippen molar-refractivity contribution >= 4 is 46.6 Å². The Morgan fingerprint density at radius 2 is 1.79 bits per heavy atom. The van der Waals surface area contributed by atoms with Crippen LogP contribution < -0.4 is 5.32 Å². The number of amides is 1. The summed E-state index contributed by atoms with van der Waals surface area (Å²) in [6.07, 6.45) is 0. The molecule has 2 N–H and O–H groups in total. The van der Waals surface area contributed by atoms with E-state index in [1.807, 2.05) is 48.5 Å². The SMILES string of the molecule is O=C(Nc1ccccc1)c1ccccc1CSc1nc(Cl)c(Cl)[nH]1. The summed E-state index contributed by atoms with van der Waals surface area (Å²) in [5.74, 6) is 0.423. The van der Waals surface area contributed by atoms with E-state index in [9.17, 15) is 4.79 Å². The minimum absolute atomic E-state index is 0.145. The Balaban J connectivity index is 1.73. The van der Waals surface area contributed by atoms with Crippen molar-refractivity contribution in [3.63, 3.8) is 0 Å². The van der Waals surface area contributed by atoms with Gasteiger partial charge in [-0.25, -0.2) is 4.98 Å². The third kappa shape index (κ3) is 4.12. The number of aromatic amines is 1. The molecule has 3 rings (SSSR count). The quantitative estimate of drug-likeness (QED) is 0.596. The van der Waals surface area contributed by atoms with Gasteiger partial charge < -0.3 is 10.3 Å². The van der Waals surface area contributed by atoms with Gasteiger partial charge in [0.25, 0.3) is 5.91 Å². The molecule has 0 aliphatic rings. The number of hydrogen-bond acceptors (Lipinski definition) is 3. The number of thioether (sulfide) groups is 1. The number of hydrogen-bond donors (Lipinski definition) is 2. The standard InChI is InChI=1S/C17H13Cl2N3OS/c18-14-15(19)22-17(21-14)24-10-11-6-4-5-9-13(11)16(23)20-12-7-2-1-3-8-12/h1-9H,10H2,(H,20,23)(H,21,22). The molecule has 1 aromatic heterocycles. The van der Waals surface area contributed by atoms with E-state index in [-0.39, 0.29) is 11.1 Å². The lowest BCUT2D eigenvalue weighted by Gasteiger charge is -2.09. The van der Waals surface area contributed by atoms with Crippen molar-refractivity contribution in [2.45, 2.75) is 10.9 Å². The van der Waals surface area contributed by atoms with Crippen LogP contribution in [-0.4, -0.2) is 15.9 Å². The second-order valence-electron chi connectivity index (χ2n) is 4.91. The number of carbonyl (C=O) groups excluding carboxylic acids is 1. The summed E-state index contributed by atoms with van der Waals surface area (Å²) < 4.78 is 0. The lowest BCUT2D eigenvalue weighted by Crippen LogP contribution is -2.13. The molecule has 0 saturated carbocycles. The van der Waals surface area contributed by atoms with Gasteiger partial charge >= 0.3 is 0 Å². The molecule has 0 atom stereocenters. The minimum atomic E-state index is -0.145. The van der Waals surface area contributed by atoms with Gasteiger partial charge in [0.05, 0.1) is 0 Å². The summed E-state index contributed by atoms with van der Waals surface area (Å²) in [5.41, 5.74) is 2.28. The van der Waals surface area contributed by atoms with E-state index in [1.54, 1.807) is 6.07 Å². The number of nitrogens with one attached hydrogen (secondary N) is 2. The highest BCUT2D eigenvalue weighted by molar-refractivity contribution is 7.98. The van der Waals surface area contributed by atoms with Crippen molar-refractivity contribution in [2.75, 3.05) is 5.32 Å². The van der Waals surface area contributed by atoms with E-state index in [1.165, 1.54) is 11.8 Å².